The van der Waals surface area contributed by atoms with E-state index >= 15 is 0 Å². The highest BCUT2D eigenvalue weighted by molar-refractivity contribution is 5.92. The van der Waals surface area contributed by atoms with E-state index in [1.807, 2.05) is 26.1 Å². The number of carbonyl (C=O) groups excluding carboxylic acids is 1. The fourth-order valence-corrected chi connectivity index (χ4v) is 2.22. The fourth-order valence-electron chi connectivity index (χ4n) is 2.22. The van der Waals surface area contributed by atoms with Gasteiger partial charge in [0.05, 0.1) is 11.7 Å². The minimum absolute atomic E-state index is 0.0543. The SMILES string of the molecule is CCCc1cc(C(=O)N[C@@H](CC)c2ccnn2C)n[nH]1. The van der Waals surface area contributed by atoms with Gasteiger partial charge in [-0.1, -0.05) is 20.3 Å². The summed E-state index contributed by atoms with van der Waals surface area (Å²) in [6.07, 6.45) is 4.46. The second-order valence-electron chi connectivity index (χ2n) is 4.84. The number of hydrogen-bond donors (Lipinski definition) is 2. The monoisotopic (exact) mass is 275 g/mol. The van der Waals surface area contributed by atoms with Gasteiger partial charge in [-0.05, 0) is 25.0 Å². The van der Waals surface area contributed by atoms with Crippen LogP contribution in [0.3, 0.4) is 0 Å². The van der Waals surface area contributed by atoms with Crippen LogP contribution in [0.1, 0.15) is 54.6 Å². The molecular weight excluding hydrogens is 254 g/mol. The topological polar surface area (TPSA) is 75.6 Å². The Morgan fingerprint density at radius 1 is 1.50 bits per heavy atom. The Bertz CT molecular complexity index is 572. The van der Waals surface area contributed by atoms with Gasteiger partial charge in [0.15, 0.2) is 0 Å². The van der Waals surface area contributed by atoms with Crippen LogP contribution in [0.4, 0.5) is 0 Å². The summed E-state index contributed by atoms with van der Waals surface area (Å²) in [6.45, 7) is 4.13. The van der Waals surface area contributed by atoms with E-state index in [2.05, 4.69) is 27.5 Å². The number of aromatic nitrogens is 4. The molecule has 108 valence electrons. The lowest BCUT2D eigenvalue weighted by Gasteiger charge is -2.16. The molecule has 0 aliphatic carbocycles. The van der Waals surface area contributed by atoms with Crippen molar-refractivity contribution in [3.63, 3.8) is 0 Å². The van der Waals surface area contributed by atoms with Crippen LogP contribution in [0.2, 0.25) is 0 Å². The Morgan fingerprint density at radius 2 is 2.30 bits per heavy atom. The minimum atomic E-state index is -0.156. The van der Waals surface area contributed by atoms with Crippen molar-refractivity contribution in [1.29, 1.82) is 0 Å². The molecule has 6 heteroatoms. The third-order valence-electron chi connectivity index (χ3n) is 3.31. The lowest BCUT2D eigenvalue weighted by Crippen LogP contribution is -2.29. The standard InChI is InChI=1S/C14H21N5O/c1-4-6-10-9-12(18-17-10)14(20)16-11(5-2)13-7-8-15-19(13)3/h7-9,11H,4-6H2,1-3H3,(H,16,20)(H,17,18)/t11-/m0/s1. The summed E-state index contributed by atoms with van der Waals surface area (Å²) < 4.78 is 1.78. The van der Waals surface area contributed by atoms with E-state index in [4.69, 9.17) is 0 Å². The molecule has 0 bridgehead atoms. The third-order valence-corrected chi connectivity index (χ3v) is 3.31. The fraction of sp³-hybridized carbons (Fsp3) is 0.500. The number of aromatic amines is 1. The van der Waals surface area contributed by atoms with Gasteiger partial charge in [0.2, 0.25) is 0 Å². The Kier molecular flexibility index (Phi) is 4.55. The lowest BCUT2D eigenvalue weighted by atomic mass is 10.1. The van der Waals surface area contributed by atoms with Crippen LogP contribution >= 0.6 is 0 Å². The van der Waals surface area contributed by atoms with Gasteiger partial charge in [0.1, 0.15) is 5.69 Å². The summed E-state index contributed by atoms with van der Waals surface area (Å²) >= 11 is 0. The molecule has 2 aromatic heterocycles. The van der Waals surface area contributed by atoms with Crippen molar-refractivity contribution in [3.8, 4) is 0 Å². The number of amides is 1. The first-order chi connectivity index (χ1) is 9.65. The number of carbonyl (C=O) groups is 1. The molecule has 0 saturated heterocycles. The van der Waals surface area contributed by atoms with Crippen LogP contribution in [-0.2, 0) is 13.5 Å². The third kappa shape index (κ3) is 3.07. The first-order valence-electron chi connectivity index (χ1n) is 6.98. The number of hydrogen-bond acceptors (Lipinski definition) is 3. The van der Waals surface area contributed by atoms with Gasteiger partial charge in [-0.25, -0.2) is 0 Å². The largest absolute Gasteiger partial charge is 0.342 e. The maximum absolute atomic E-state index is 12.2. The predicted octanol–water partition coefficient (Wildman–Crippen LogP) is 1.98. The normalized spacial score (nSPS) is 12.3. The second-order valence-corrected chi connectivity index (χ2v) is 4.84. The van der Waals surface area contributed by atoms with Crippen molar-refractivity contribution in [3.05, 3.63) is 35.4 Å². The number of nitrogens with one attached hydrogen (secondary N) is 2. The molecule has 0 fully saturated rings. The van der Waals surface area contributed by atoms with Gasteiger partial charge < -0.3 is 5.32 Å². The van der Waals surface area contributed by atoms with Crippen LogP contribution in [0.5, 0.6) is 0 Å². The summed E-state index contributed by atoms with van der Waals surface area (Å²) in [5.41, 5.74) is 2.42. The zero-order chi connectivity index (χ0) is 14.5. The summed E-state index contributed by atoms with van der Waals surface area (Å²) in [4.78, 5) is 12.2. The Hall–Kier alpha value is -2.11. The summed E-state index contributed by atoms with van der Waals surface area (Å²) in [5.74, 6) is -0.156. The number of aryl methyl sites for hydroxylation is 2. The predicted molar refractivity (Wildman–Crippen MR) is 76.3 cm³/mol. The quantitative estimate of drug-likeness (QED) is 0.846. The van der Waals surface area contributed by atoms with Gasteiger partial charge in [-0.2, -0.15) is 10.2 Å². The van der Waals surface area contributed by atoms with Crippen molar-refractivity contribution in [1.82, 2.24) is 25.3 Å². The van der Waals surface area contributed by atoms with Crippen molar-refractivity contribution >= 4 is 5.91 Å². The van der Waals surface area contributed by atoms with Crippen molar-refractivity contribution in [2.75, 3.05) is 0 Å². The number of H-pyrrole nitrogens is 1. The zero-order valence-electron chi connectivity index (χ0n) is 12.2. The van der Waals surface area contributed by atoms with Gasteiger partial charge in [-0.15, -0.1) is 0 Å². The average molecular weight is 275 g/mol. The molecule has 2 heterocycles. The van der Waals surface area contributed by atoms with Crippen molar-refractivity contribution < 1.29 is 4.79 Å². The molecule has 1 atom stereocenters. The maximum atomic E-state index is 12.2. The average Bonchev–Trinajstić information content (AvgIpc) is 3.05. The summed E-state index contributed by atoms with van der Waals surface area (Å²) in [7, 11) is 1.87. The van der Waals surface area contributed by atoms with Crippen LogP contribution in [-0.4, -0.2) is 25.9 Å². The maximum Gasteiger partial charge on any atom is 0.272 e. The molecule has 0 saturated carbocycles. The first kappa shape index (κ1) is 14.3. The van der Waals surface area contributed by atoms with Crippen LogP contribution < -0.4 is 5.32 Å². The van der Waals surface area contributed by atoms with Crippen molar-refractivity contribution in [2.24, 2.45) is 7.05 Å². The molecule has 0 aromatic carbocycles. The van der Waals surface area contributed by atoms with E-state index < -0.39 is 0 Å². The molecule has 0 unspecified atom stereocenters. The molecule has 0 spiro atoms. The van der Waals surface area contributed by atoms with Crippen LogP contribution in [0.25, 0.3) is 0 Å². The minimum Gasteiger partial charge on any atom is -0.342 e. The van der Waals surface area contributed by atoms with E-state index in [-0.39, 0.29) is 11.9 Å². The molecule has 0 aliphatic rings. The molecule has 0 radical (unpaired) electrons. The zero-order valence-corrected chi connectivity index (χ0v) is 12.2. The summed E-state index contributed by atoms with van der Waals surface area (Å²) in [5, 5.41) is 14.1. The highest BCUT2D eigenvalue weighted by Gasteiger charge is 2.18. The number of nitrogens with zero attached hydrogens (tertiary/aromatic N) is 3. The van der Waals surface area contributed by atoms with Crippen LogP contribution in [0, 0.1) is 0 Å². The van der Waals surface area contributed by atoms with Gasteiger partial charge >= 0.3 is 0 Å². The molecular formula is C14H21N5O. The van der Waals surface area contributed by atoms with E-state index in [9.17, 15) is 4.79 Å². The Labute approximate surface area is 118 Å². The summed E-state index contributed by atoms with van der Waals surface area (Å²) in [6, 6.07) is 3.68. The molecule has 20 heavy (non-hydrogen) atoms. The Morgan fingerprint density at radius 3 is 2.90 bits per heavy atom. The van der Waals surface area contributed by atoms with E-state index in [1.165, 1.54) is 0 Å². The molecule has 2 rings (SSSR count). The van der Waals surface area contributed by atoms with E-state index in [1.54, 1.807) is 10.9 Å². The molecule has 6 nitrogen and oxygen atoms in total. The van der Waals surface area contributed by atoms with Gasteiger partial charge in [0.25, 0.3) is 5.91 Å². The molecule has 2 aromatic rings. The molecule has 1 amide bonds. The first-order valence-corrected chi connectivity index (χ1v) is 6.98. The van der Waals surface area contributed by atoms with Crippen molar-refractivity contribution in [2.45, 2.75) is 39.2 Å². The van der Waals surface area contributed by atoms with Crippen LogP contribution in [0.15, 0.2) is 18.3 Å². The number of rotatable bonds is 6. The van der Waals surface area contributed by atoms with Gasteiger partial charge in [-0.3, -0.25) is 14.6 Å². The second kappa shape index (κ2) is 6.36. The van der Waals surface area contributed by atoms with Gasteiger partial charge in [0, 0.05) is 18.9 Å². The smallest absolute Gasteiger partial charge is 0.272 e. The van der Waals surface area contributed by atoms with E-state index in [0.29, 0.717) is 5.69 Å². The molecule has 0 aliphatic heterocycles. The Balaban J connectivity index is 2.07. The molecule has 2 N–H and O–H groups in total. The highest BCUT2D eigenvalue weighted by Crippen LogP contribution is 2.16. The lowest BCUT2D eigenvalue weighted by molar-refractivity contribution is 0.0929. The van der Waals surface area contributed by atoms with E-state index in [0.717, 1.165) is 30.7 Å². The highest BCUT2D eigenvalue weighted by atomic mass is 16.2.